The van der Waals surface area contributed by atoms with Crippen molar-refractivity contribution in [1.82, 2.24) is 5.32 Å². The predicted octanol–water partition coefficient (Wildman–Crippen LogP) is 2.48. The average Bonchev–Trinajstić information content (AvgIpc) is 2.89. The zero-order valence-corrected chi connectivity index (χ0v) is 12.2. The predicted molar refractivity (Wildman–Crippen MR) is 74.1 cm³/mol. The Kier molecular flexibility index (Phi) is 4.55. The number of carbonyl (C=O) groups is 1. The third kappa shape index (κ3) is 2.81. The molecule has 104 valence electrons. The number of hydrogen-bond donors (Lipinski definition) is 1. The van der Waals surface area contributed by atoms with E-state index in [2.05, 4.69) is 5.32 Å². The number of methoxy groups -OCH3 is 2. The van der Waals surface area contributed by atoms with Crippen molar-refractivity contribution < 1.29 is 14.3 Å². The molecule has 6 heteroatoms. The first-order valence-corrected chi connectivity index (χ1v) is 6.65. The molecule has 1 heterocycles. The quantitative estimate of drug-likeness (QED) is 0.872. The van der Waals surface area contributed by atoms with Gasteiger partial charge in [-0.2, -0.15) is 0 Å². The Morgan fingerprint density at radius 2 is 1.95 bits per heavy atom. The van der Waals surface area contributed by atoms with E-state index in [1.807, 2.05) is 0 Å². The van der Waals surface area contributed by atoms with Crippen LogP contribution >= 0.6 is 23.2 Å². The van der Waals surface area contributed by atoms with E-state index in [4.69, 9.17) is 32.7 Å². The van der Waals surface area contributed by atoms with Crippen LogP contribution < -0.4 is 10.1 Å². The highest BCUT2D eigenvalue weighted by Gasteiger charge is 2.36. The minimum atomic E-state index is -0.240. The number of nitrogens with one attached hydrogen (secondary N) is 1. The minimum absolute atomic E-state index is 0.0304. The second-order valence-electron chi connectivity index (χ2n) is 4.40. The molecule has 19 heavy (non-hydrogen) atoms. The van der Waals surface area contributed by atoms with Crippen molar-refractivity contribution in [3.05, 3.63) is 27.7 Å². The standard InChI is InChI=1S/C13H15Cl2NO3/c1-18-12-4-11(15)10(14)3-7(12)8-5-16-6-9(8)13(17)19-2/h3-4,8-9,16H,5-6H2,1-2H3. The number of carbonyl (C=O) groups excluding carboxylic acids is 1. The van der Waals surface area contributed by atoms with E-state index in [1.54, 1.807) is 19.2 Å². The molecule has 2 unspecified atom stereocenters. The van der Waals surface area contributed by atoms with Gasteiger partial charge < -0.3 is 14.8 Å². The smallest absolute Gasteiger partial charge is 0.310 e. The minimum Gasteiger partial charge on any atom is -0.496 e. The molecule has 0 bridgehead atoms. The van der Waals surface area contributed by atoms with Crippen LogP contribution in [0.5, 0.6) is 5.75 Å². The van der Waals surface area contributed by atoms with Gasteiger partial charge >= 0.3 is 5.97 Å². The van der Waals surface area contributed by atoms with Crippen molar-refractivity contribution in [1.29, 1.82) is 0 Å². The summed E-state index contributed by atoms with van der Waals surface area (Å²) in [5, 5.41) is 4.07. The lowest BCUT2D eigenvalue weighted by Gasteiger charge is -2.20. The van der Waals surface area contributed by atoms with Crippen LogP contribution in [-0.2, 0) is 9.53 Å². The zero-order valence-electron chi connectivity index (χ0n) is 10.7. The number of ether oxygens (including phenoxy) is 2. The summed E-state index contributed by atoms with van der Waals surface area (Å²) in [5.41, 5.74) is 0.873. The zero-order chi connectivity index (χ0) is 14.0. The molecule has 1 aromatic carbocycles. The fourth-order valence-electron chi connectivity index (χ4n) is 2.42. The maximum Gasteiger partial charge on any atom is 0.310 e. The lowest BCUT2D eigenvalue weighted by molar-refractivity contribution is -0.145. The Hall–Kier alpha value is -0.970. The number of halogens is 2. The Morgan fingerprint density at radius 1 is 1.26 bits per heavy atom. The van der Waals surface area contributed by atoms with Gasteiger partial charge in [0.15, 0.2) is 0 Å². The third-order valence-corrected chi connectivity index (χ3v) is 4.11. The van der Waals surface area contributed by atoms with Gasteiger partial charge in [-0.3, -0.25) is 4.79 Å². The molecule has 0 aromatic heterocycles. The largest absolute Gasteiger partial charge is 0.496 e. The summed E-state index contributed by atoms with van der Waals surface area (Å²) in [6, 6.07) is 3.43. The molecule has 0 amide bonds. The molecule has 1 N–H and O–H groups in total. The summed E-state index contributed by atoms with van der Waals surface area (Å²) in [6.45, 7) is 1.26. The third-order valence-electron chi connectivity index (χ3n) is 3.39. The SMILES string of the molecule is COC(=O)C1CNCC1c1cc(Cl)c(Cl)cc1OC. The highest BCUT2D eigenvalue weighted by molar-refractivity contribution is 6.42. The summed E-state index contributed by atoms with van der Waals surface area (Å²) in [5.74, 6) is 0.133. The van der Waals surface area contributed by atoms with Crippen LogP contribution in [0.1, 0.15) is 11.5 Å². The van der Waals surface area contributed by atoms with Crippen molar-refractivity contribution in [2.45, 2.75) is 5.92 Å². The molecular weight excluding hydrogens is 289 g/mol. The summed E-state index contributed by atoms with van der Waals surface area (Å²) < 4.78 is 10.2. The molecule has 1 aromatic rings. The summed E-state index contributed by atoms with van der Waals surface area (Å²) in [7, 11) is 2.96. The molecule has 0 spiro atoms. The van der Waals surface area contributed by atoms with Gasteiger partial charge in [-0.1, -0.05) is 23.2 Å². The van der Waals surface area contributed by atoms with E-state index in [-0.39, 0.29) is 17.8 Å². The van der Waals surface area contributed by atoms with Gasteiger partial charge in [-0.05, 0) is 6.07 Å². The molecule has 0 saturated carbocycles. The Bertz CT molecular complexity index is 493. The van der Waals surface area contributed by atoms with Crippen LogP contribution in [-0.4, -0.2) is 33.3 Å². The molecule has 4 nitrogen and oxygen atoms in total. The molecule has 1 saturated heterocycles. The second kappa shape index (κ2) is 5.99. The van der Waals surface area contributed by atoms with Crippen LogP contribution in [0.3, 0.4) is 0 Å². The Morgan fingerprint density at radius 3 is 2.58 bits per heavy atom. The van der Waals surface area contributed by atoms with E-state index in [0.717, 1.165) is 5.56 Å². The lowest BCUT2D eigenvalue weighted by atomic mass is 9.88. The number of esters is 1. The molecule has 0 radical (unpaired) electrons. The highest BCUT2D eigenvalue weighted by Crippen LogP contribution is 2.39. The first-order valence-electron chi connectivity index (χ1n) is 5.90. The van der Waals surface area contributed by atoms with E-state index in [1.165, 1.54) is 7.11 Å². The van der Waals surface area contributed by atoms with Gasteiger partial charge in [0, 0.05) is 30.6 Å². The van der Waals surface area contributed by atoms with Gasteiger partial charge in [0.05, 0.1) is 30.2 Å². The molecule has 1 aliphatic heterocycles. The number of benzene rings is 1. The Labute approximate surface area is 122 Å². The maximum absolute atomic E-state index is 11.8. The fraction of sp³-hybridized carbons (Fsp3) is 0.462. The van der Waals surface area contributed by atoms with Gasteiger partial charge in [-0.25, -0.2) is 0 Å². The highest BCUT2D eigenvalue weighted by atomic mass is 35.5. The Balaban J connectivity index is 2.40. The summed E-state index contributed by atoms with van der Waals surface area (Å²) in [4.78, 5) is 11.8. The van der Waals surface area contributed by atoms with Crippen molar-refractivity contribution in [3.8, 4) is 5.75 Å². The van der Waals surface area contributed by atoms with Crippen molar-refractivity contribution in [2.75, 3.05) is 27.3 Å². The molecular formula is C13H15Cl2NO3. The fourth-order valence-corrected chi connectivity index (χ4v) is 2.74. The van der Waals surface area contributed by atoms with Gasteiger partial charge in [0.2, 0.25) is 0 Å². The van der Waals surface area contributed by atoms with Gasteiger partial charge in [0.25, 0.3) is 0 Å². The van der Waals surface area contributed by atoms with E-state index < -0.39 is 0 Å². The lowest BCUT2D eigenvalue weighted by Crippen LogP contribution is -2.23. The summed E-state index contributed by atoms with van der Waals surface area (Å²) >= 11 is 12.0. The normalized spacial score (nSPS) is 22.3. The van der Waals surface area contributed by atoms with Crippen LogP contribution in [0.25, 0.3) is 0 Å². The molecule has 1 aliphatic rings. The first kappa shape index (κ1) is 14.4. The second-order valence-corrected chi connectivity index (χ2v) is 5.22. The molecule has 2 atom stereocenters. The van der Waals surface area contributed by atoms with E-state index in [9.17, 15) is 4.79 Å². The van der Waals surface area contributed by atoms with E-state index >= 15 is 0 Å². The molecule has 1 fully saturated rings. The number of hydrogen-bond acceptors (Lipinski definition) is 4. The number of rotatable bonds is 3. The summed E-state index contributed by atoms with van der Waals surface area (Å²) in [6.07, 6.45) is 0. The first-order chi connectivity index (χ1) is 9.08. The van der Waals surface area contributed by atoms with Crippen molar-refractivity contribution in [2.24, 2.45) is 5.92 Å². The van der Waals surface area contributed by atoms with Crippen molar-refractivity contribution in [3.63, 3.8) is 0 Å². The molecule has 2 rings (SSSR count). The van der Waals surface area contributed by atoms with E-state index in [0.29, 0.717) is 28.9 Å². The monoisotopic (exact) mass is 303 g/mol. The van der Waals surface area contributed by atoms with Crippen molar-refractivity contribution >= 4 is 29.2 Å². The van der Waals surface area contributed by atoms with Gasteiger partial charge in [-0.15, -0.1) is 0 Å². The van der Waals surface area contributed by atoms with Gasteiger partial charge in [0.1, 0.15) is 5.75 Å². The average molecular weight is 304 g/mol. The molecule has 0 aliphatic carbocycles. The van der Waals surface area contributed by atoms with Crippen LogP contribution in [0.4, 0.5) is 0 Å². The van der Waals surface area contributed by atoms with Crippen LogP contribution in [0.2, 0.25) is 10.0 Å². The topological polar surface area (TPSA) is 47.6 Å². The maximum atomic E-state index is 11.8. The van der Waals surface area contributed by atoms with Crippen LogP contribution in [0, 0.1) is 5.92 Å². The van der Waals surface area contributed by atoms with Crippen LogP contribution in [0.15, 0.2) is 12.1 Å².